The lowest BCUT2D eigenvalue weighted by Gasteiger charge is -2.22. The number of aromatic nitrogens is 4. The number of allylic oxidation sites excluding steroid dienone is 1. The summed E-state index contributed by atoms with van der Waals surface area (Å²) in [5, 5.41) is 24.6. The van der Waals surface area contributed by atoms with E-state index >= 15 is 0 Å². The van der Waals surface area contributed by atoms with Crippen LogP contribution >= 0.6 is 0 Å². The van der Waals surface area contributed by atoms with Gasteiger partial charge in [0.15, 0.2) is 17.4 Å². The maximum absolute atomic E-state index is 14.2. The van der Waals surface area contributed by atoms with E-state index in [2.05, 4.69) is 25.9 Å². The predicted molar refractivity (Wildman–Crippen MR) is 86.8 cm³/mol. The van der Waals surface area contributed by atoms with E-state index < -0.39 is 17.4 Å². The van der Waals surface area contributed by atoms with Gasteiger partial charge in [-0.2, -0.15) is 10.5 Å². The van der Waals surface area contributed by atoms with Gasteiger partial charge in [-0.05, 0) is 24.0 Å². The Hall–Kier alpha value is -3.06. The van der Waals surface area contributed by atoms with Crippen LogP contribution in [-0.4, -0.2) is 40.4 Å². The summed E-state index contributed by atoms with van der Waals surface area (Å²) < 4.78 is 39.0. The highest BCUT2D eigenvalue weighted by Crippen LogP contribution is 2.27. The minimum Gasteiger partial charge on any atom is -0.487 e. The maximum Gasteiger partial charge on any atom is 0.216 e. The van der Waals surface area contributed by atoms with Crippen LogP contribution in [0.5, 0.6) is 5.75 Å². The summed E-state index contributed by atoms with van der Waals surface area (Å²) in [6.07, 6.45) is 2.85. The highest BCUT2D eigenvalue weighted by molar-refractivity contribution is 5.74. The van der Waals surface area contributed by atoms with Crippen LogP contribution in [0.15, 0.2) is 18.3 Å². The van der Waals surface area contributed by atoms with E-state index in [-0.39, 0.29) is 29.6 Å². The smallest absolute Gasteiger partial charge is 0.216 e. The van der Waals surface area contributed by atoms with Crippen molar-refractivity contribution in [2.75, 3.05) is 25.1 Å². The molecule has 1 aliphatic heterocycles. The summed E-state index contributed by atoms with van der Waals surface area (Å²) in [5.74, 6) is -1.78. The Bertz CT molecular complexity index is 790. The minimum absolute atomic E-state index is 0.0550. The molecule has 0 atom stereocenters. The van der Waals surface area contributed by atoms with Crippen molar-refractivity contribution in [2.45, 2.75) is 12.8 Å². The standard InChI is InChI=1S/C16H16F2N6O2/c17-13-5-12(20-8-11(7-19)16-21-23-24-22-16)6-14(18)15(13)26-9-10-1-3-25-4-2-10/h5-6,8,10,20H,1-4,9H2,(H,21,22,23,24). The lowest BCUT2D eigenvalue weighted by atomic mass is 10.0. The average molecular weight is 362 g/mol. The Labute approximate surface area is 147 Å². The van der Waals surface area contributed by atoms with Gasteiger partial charge in [0.1, 0.15) is 11.6 Å². The monoisotopic (exact) mass is 362 g/mol. The molecule has 26 heavy (non-hydrogen) atoms. The third kappa shape index (κ3) is 4.31. The molecule has 1 aliphatic rings. The zero-order valence-electron chi connectivity index (χ0n) is 13.7. The summed E-state index contributed by atoms with van der Waals surface area (Å²) in [6.45, 7) is 1.51. The van der Waals surface area contributed by atoms with Crippen LogP contribution in [0.25, 0.3) is 5.57 Å². The Morgan fingerprint density at radius 2 is 2.12 bits per heavy atom. The molecule has 0 bridgehead atoms. The third-order valence-electron chi connectivity index (χ3n) is 3.89. The number of hydrogen-bond acceptors (Lipinski definition) is 7. The van der Waals surface area contributed by atoms with Crippen molar-refractivity contribution < 1.29 is 18.3 Å². The minimum atomic E-state index is -0.828. The number of hydrogen-bond donors (Lipinski definition) is 2. The molecule has 0 saturated carbocycles. The van der Waals surface area contributed by atoms with Gasteiger partial charge < -0.3 is 14.8 Å². The number of benzene rings is 1. The molecule has 1 fully saturated rings. The maximum atomic E-state index is 14.2. The van der Waals surface area contributed by atoms with Gasteiger partial charge in [-0.15, -0.1) is 10.2 Å². The third-order valence-corrected chi connectivity index (χ3v) is 3.89. The predicted octanol–water partition coefficient (Wildman–Crippen LogP) is 2.26. The van der Waals surface area contributed by atoms with Gasteiger partial charge in [0.25, 0.3) is 0 Å². The van der Waals surface area contributed by atoms with Crippen molar-refractivity contribution in [3.05, 3.63) is 35.8 Å². The van der Waals surface area contributed by atoms with Crippen LogP contribution in [-0.2, 0) is 4.74 Å². The van der Waals surface area contributed by atoms with Gasteiger partial charge in [0.2, 0.25) is 5.82 Å². The first-order chi connectivity index (χ1) is 12.7. The molecule has 3 rings (SSSR count). The largest absolute Gasteiger partial charge is 0.487 e. The quantitative estimate of drug-likeness (QED) is 0.759. The number of nitriles is 1. The number of ether oxygens (including phenoxy) is 2. The second-order valence-corrected chi connectivity index (χ2v) is 5.69. The van der Waals surface area contributed by atoms with Crippen LogP contribution in [0, 0.1) is 28.9 Å². The molecule has 2 heterocycles. The number of nitrogens with zero attached hydrogens (tertiary/aromatic N) is 4. The number of H-pyrrole nitrogens is 1. The van der Waals surface area contributed by atoms with Crippen molar-refractivity contribution in [2.24, 2.45) is 5.92 Å². The zero-order chi connectivity index (χ0) is 18.4. The molecule has 2 aromatic rings. The highest BCUT2D eigenvalue weighted by atomic mass is 19.1. The van der Waals surface area contributed by atoms with Crippen molar-refractivity contribution in [3.8, 4) is 11.8 Å². The van der Waals surface area contributed by atoms with E-state index in [4.69, 9.17) is 14.7 Å². The summed E-state index contributed by atoms with van der Waals surface area (Å²) >= 11 is 0. The van der Waals surface area contributed by atoms with E-state index in [1.807, 2.05) is 6.07 Å². The van der Waals surface area contributed by atoms with Crippen molar-refractivity contribution in [1.82, 2.24) is 20.6 Å². The number of aromatic amines is 1. The Morgan fingerprint density at radius 3 is 2.73 bits per heavy atom. The fraction of sp³-hybridized carbons (Fsp3) is 0.375. The lowest BCUT2D eigenvalue weighted by Crippen LogP contribution is -2.22. The molecule has 1 aromatic carbocycles. The molecule has 8 nitrogen and oxygen atoms in total. The number of tetrazole rings is 1. The SMILES string of the molecule is N#CC(=CNc1cc(F)c(OCC2CCOCC2)c(F)c1)c1nn[nH]n1. The summed E-state index contributed by atoms with van der Waals surface area (Å²) in [5.41, 5.74) is 0.175. The molecule has 0 spiro atoms. The summed E-state index contributed by atoms with van der Waals surface area (Å²) in [4.78, 5) is 0. The second-order valence-electron chi connectivity index (χ2n) is 5.69. The topological polar surface area (TPSA) is 109 Å². The first-order valence-corrected chi connectivity index (χ1v) is 7.97. The fourth-order valence-corrected chi connectivity index (χ4v) is 2.47. The van der Waals surface area contributed by atoms with Gasteiger partial charge >= 0.3 is 0 Å². The Balaban J connectivity index is 1.67. The van der Waals surface area contributed by atoms with Crippen LogP contribution in [0.2, 0.25) is 0 Å². The molecular formula is C16H16F2N6O2. The van der Waals surface area contributed by atoms with E-state index in [9.17, 15) is 8.78 Å². The molecule has 0 unspecified atom stereocenters. The number of rotatable bonds is 6. The van der Waals surface area contributed by atoms with E-state index in [1.54, 1.807) is 0 Å². The number of nitrogens with one attached hydrogen (secondary N) is 2. The van der Waals surface area contributed by atoms with E-state index in [0.717, 1.165) is 25.0 Å². The molecule has 0 aliphatic carbocycles. The van der Waals surface area contributed by atoms with Gasteiger partial charge in [0, 0.05) is 37.2 Å². The normalized spacial score (nSPS) is 15.5. The van der Waals surface area contributed by atoms with Crippen molar-refractivity contribution >= 4 is 11.3 Å². The number of halogens is 2. The molecule has 1 saturated heterocycles. The van der Waals surface area contributed by atoms with Gasteiger partial charge in [0.05, 0.1) is 6.61 Å². The van der Waals surface area contributed by atoms with Gasteiger partial charge in [-0.3, -0.25) is 0 Å². The van der Waals surface area contributed by atoms with Crippen molar-refractivity contribution in [1.29, 1.82) is 5.26 Å². The fourth-order valence-electron chi connectivity index (χ4n) is 2.47. The van der Waals surface area contributed by atoms with Gasteiger partial charge in [-0.1, -0.05) is 0 Å². The van der Waals surface area contributed by atoms with Crippen LogP contribution in [0.1, 0.15) is 18.7 Å². The molecule has 1 aromatic heterocycles. The first-order valence-electron chi connectivity index (χ1n) is 7.97. The van der Waals surface area contributed by atoms with Crippen LogP contribution in [0.4, 0.5) is 14.5 Å². The first kappa shape index (κ1) is 17.8. The second kappa shape index (κ2) is 8.35. The summed E-state index contributed by atoms with van der Waals surface area (Å²) in [6, 6.07) is 4.04. The highest BCUT2D eigenvalue weighted by Gasteiger charge is 2.18. The molecule has 10 heteroatoms. The summed E-state index contributed by atoms with van der Waals surface area (Å²) in [7, 11) is 0. The molecule has 2 N–H and O–H groups in total. The molecule has 0 radical (unpaired) electrons. The number of anilines is 1. The molecule has 0 amide bonds. The van der Waals surface area contributed by atoms with Gasteiger partial charge in [-0.25, -0.2) is 8.78 Å². The molecular weight excluding hydrogens is 346 g/mol. The Morgan fingerprint density at radius 1 is 1.38 bits per heavy atom. The van der Waals surface area contributed by atoms with Crippen LogP contribution in [0.3, 0.4) is 0 Å². The van der Waals surface area contributed by atoms with Crippen molar-refractivity contribution in [3.63, 3.8) is 0 Å². The zero-order valence-corrected chi connectivity index (χ0v) is 13.7. The average Bonchev–Trinajstić information content (AvgIpc) is 3.17. The molecule has 136 valence electrons. The van der Waals surface area contributed by atoms with E-state index in [0.29, 0.717) is 13.2 Å². The van der Waals surface area contributed by atoms with Crippen LogP contribution < -0.4 is 10.1 Å². The lowest BCUT2D eigenvalue weighted by molar-refractivity contribution is 0.0485. The van der Waals surface area contributed by atoms with E-state index in [1.165, 1.54) is 6.20 Å². The Kier molecular flexibility index (Phi) is 5.70.